The smallest absolute Gasteiger partial charge is 0.264 e. The SMILES string of the molecule is CCCNC(=O)[C@H](Cc1ccccc1)N(Cc1ccccc1Cl)C(=O)CN(c1ccccc1OCC)S(=O)(=O)c1ccc(Cl)cc1. The Hall–Kier alpha value is -4.05. The maximum absolute atomic E-state index is 14.6. The molecule has 46 heavy (non-hydrogen) atoms. The van der Waals surface area contributed by atoms with Gasteiger partial charge < -0.3 is 15.0 Å². The summed E-state index contributed by atoms with van der Waals surface area (Å²) in [5, 5.41) is 3.71. The molecule has 0 unspecified atom stereocenters. The van der Waals surface area contributed by atoms with Crippen molar-refractivity contribution in [2.45, 2.75) is 44.2 Å². The minimum Gasteiger partial charge on any atom is -0.492 e. The topological polar surface area (TPSA) is 96.0 Å². The van der Waals surface area contributed by atoms with Crippen molar-refractivity contribution in [2.75, 3.05) is 24.0 Å². The molecular weight excluding hydrogens is 645 g/mol. The summed E-state index contributed by atoms with van der Waals surface area (Å²) in [4.78, 5) is 29.7. The van der Waals surface area contributed by atoms with Gasteiger partial charge >= 0.3 is 0 Å². The monoisotopic (exact) mass is 681 g/mol. The van der Waals surface area contributed by atoms with Crippen LogP contribution in [-0.4, -0.2) is 50.9 Å². The number of halogens is 2. The maximum atomic E-state index is 14.6. The van der Waals surface area contributed by atoms with Gasteiger partial charge in [-0.15, -0.1) is 0 Å². The zero-order valence-electron chi connectivity index (χ0n) is 25.7. The Bertz CT molecular complexity index is 1720. The number of nitrogens with one attached hydrogen (secondary N) is 1. The van der Waals surface area contributed by atoms with E-state index >= 15 is 0 Å². The van der Waals surface area contributed by atoms with Crippen LogP contribution in [0.2, 0.25) is 10.0 Å². The first-order valence-corrected chi connectivity index (χ1v) is 17.2. The lowest BCUT2D eigenvalue weighted by Gasteiger charge is -2.34. The van der Waals surface area contributed by atoms with Crippen LogP contribution >= 0.6 is 23.2 Å². The third-order valence-corrected chi connectivity index (χ3v) is 9.63. The molecule has 0 aromatic heterocycles. The van der Waals surface area contributed by atoms with E-state index in [1.54, 1.807) is 55.5 Å². The highest BCUT2D eigenvalue weighted by molar-refractivity contribution is 7.92. The molecule has 0 bridgehead atoms. The Balaban J connectivity index is 1.84. The maximum Gasteiger partial charge on any atom is 0.264 e. The quantitative estimate of drug-likeness (QED) is 0.150. The van der Waals surface area contributed by atoms with Crippen LogP contribution in [0.3, 0.4) is 0 Å². The molecule has 0 aliphatic rings. The van der Waals surface area contributed by atoms with Crippen LogP contribution < -0.4 is 14.4 Å². The number of nitrogens with zero attached hydrogens (tertiary/aromatic N) is 2. The van der Waals surface area contributed by atoms with Gasteiger partial charge in [-0.3, -0.25) is 13.9 Å². The standard InChI is InChI=1S/C35H37Cl2N3O5S/c1-3-22-38-35(42)32(23-26-12-6-5-7-13-26)39(24-27-14-8-9-15-30(27)37)34(41)25-40(31-16-10-11-17-33(31)45-4-2)46(43,44)29-20-18-28(36)19-21-29/h5-21,32H,3-4,22-25H2,1-2H3,(H,38,42)/t32-/m0/s1. The second kappa shape index (κ2) is 16.5. The van der Waals surface area contributed by atoms with Gasteiger partial charge in [0.15, 0.2) is 0 Å². The number of sulfonamides is 1. The highest BCUT2D eigenvalue weighted by Gasteiger charge is 2.35. The second-order valence-electron chi connectivity index (χ2n) is 10.5. The summed E-state index contributed by atoms with van der Waals surface area (Å²) in [6.45, 7) is 3.76. The van der Waals surface area contributed by atoms with E-state index in [-0.39, 0.29) is 41.8 Å². The minimum atomic E-state index is -4.32. The molecule has 0 fully saturated rings. The first kappa shape index (κ1) is 34.8. The van der Waals surface area contributed by atoms with E-state index in [2.05, 4.69) is 5.32 Å². The van der Waals surface area contributed by atoms with Crippen molar-refractivity contribution in [3.05, 3.63) is 124 Å². The Morgan fingerprint density at radius 2 is 1.50 bits per heavy atom. The number of benzene rings is 4. The fraction of sp³-hybridized carbons (Fsp3) is 0.257. The number of rotatable bonds is 15. The van der Waals surface area contributed by atoms with Crippen molar-refractivity contribution in [1.29, 1.82) is 0 Å². The van der Waals surface area contributed by atoms with Crippen molar-refractivity contribution in [3.63, 3.8) is 0 Å². The van der Waals surface area contributed by atoms with Gasteiger partial charge in [-0.2, -0.15) is 0 Å². The summed E-state index contributed by atoms with van der Waals surface area (Å²) in [5.74, 6) is -0.668. The molecule has 0 saturated carbocycles. The lowest BCUT2D eigenvalue weighted by atomic mass is 10.0. The normalized spacial score (nSPS) is 11.8. The van der Waals surface area contributed by atoms with E-state index in [4.69, 9.17) is 27.9 Å². The third-order valence-electron chi connectivity index (χ3n) is 7.23. The highest BCUT2D eigenvalue weighted by Crippen LogP contribution is 2.33. The first-order chi connectivity index (χ1) is 22.1. The van der Waals surface area contributed by atoms with E-state index in [1.165, 1.54) is 29.2 Å². The molecule has 242 valence electrons. The number of anilines is 1. The van der Waals surface area contributed by atoms with E-state index in [0.717, 1.165) is 9.87 Å². The molecule has 4 aromatic rings. The third kappa shape index (κ3) is 8.81. The fourth-order valence-electron chi connectivity index (χ4n) is 4.92. The van der Waals surface area contributed by atoms with Crippen LogP contribution in [0.25, 0.3) is 0 Å². The number of carbonyl (C=O) groups is 2. The lowest BCUT2D eigenvalue weighted by molar-refractivity contribution is -0.140. The van der Waals surface area contributed by atoms with Crippen molar-refractivity contribution in [3.8, 4) is 5.75 Å². The average Bonchev–Trinajstić information content (AvgIpc) is 3.06. The molecule has 11 heteroatoms. The fourth-order valence-corrected chi connectivity index (χ4v) is 6.66. The Morgan fingerprint density at radius 1 is 0.848 bits per heavy atom. The summed E-state index contributed by atoms with van der Waals surface area (Å²) >= 11 is 12.6. The number of amides is 2. The van der Waals surface area contributed by atoms with E-state index in [9.17, 15) is 18.0 Å². The summed E-state index contributed by atoms with van der Waals surface area (Å²) in [6, 6.07) is 27.8. The predicted octanol–water partition coefficient (Wildman–Crippen LogP) is 6.75. The molecule has 0 radical (unpaired) electrons. The minimum absolute atomic E-state index is 0.0303. The van der Waals surface area contributed by atoms with Gasteiger partial charge in [0, 0.05) is 29.6 Å². The van der Waals surface area contributed by atoms with E-state index in [0.29, 0.717) is 28.6 Å². The van der Waals surface area contributed by atoms with Crippen LogP contribution in [0.5, 0.6) is 5.75 Å². The number of hydrogen-bond donors (Lipinski definition) is 1. The van der Waals surface area contributed by atoms with Crippen LogP contribution in [0.4, 0.5) is 5.69 Å². The molecule has 1 atom stereocenters. The predicted molar refractivity (Wildman–Crippen MR) is 183 cm³/mol. The van der Waals surface area contributed by atoms with E-state index in [1.807, 2.05) is 37.3 Å². The van der Waals surface area contributed by atoms with Gasteiger partial charge in [0.25, 0.3) is 10.0 Å². The van der Waals surface area contributed by atoms with Crippen LogP contribution in [0.1, 0.15) is 31.4 Å². The molecule has 2 amide bonds. The van der Waals surface area contributed by atoms with Crippen molar-refractivity contribution < 1.29 is 22.7 Å². The van der Waals surface area contributed by atoms with Gasteiger partial charge in [0.1, 0.15) is 18.3 Å². The van der Waals surface area contributed by atoms with Gasteiger partial charge in [-0.1, -0.05) is 90.8 Å². The molecule has 0 saturated heterocycles. The Morgan fingerprint density at radius 3 is 2.17 bits per heavy atom. The van der Waals surface area contributed by atoms with Gasteiger partial charge in [0.2, 0.25) is 11.8 Å². The number of hydrogen-bond acceptors (Lipinski definition) is 5. The van der Waals surface area contributed by atoms with Crippen molar-refractivity contribution in [1.82, 2.24) is 10.2 Å². The molecule has 4 rings (SSSR count). The molecule has 0 spiro atoms. The summed E-state index contributed by atoms with van der Waals surface area (Å²) in [6.07, 6.45) is 0.898. The zero-order chi connectivity index (χ0) is 33.1. The summed E-state index contributed by atoms with van der Waals surface area (Å²) < 4.78 is 35.3. The average molecular weight is 683 g/mol. The summed E-state index contributed by atoms with van der Waals surface area (Å²) in [7, 11) is -4.32. The van der Waals surface area contributed by atoms with Crippen molar-refractivity contribution >= 4 is 50.7 Å². The Labute approximate surface area is 280 Å². The van der Waals surface area contributed by atoms with Gasteiger partial charge in [-0.05, 0) is 66.9 Å². The molecule has 0 aliphatic carbocycles. The lowest BCUT2D eigenvalue weighted by Crippen LogP contribution is -2.53. The van der Waals surface area contributed by atoms with Gasteiger partial charge in [0.05, 0.1) is 17.2 Å². The Kier molecular flexibility index (Phi) is 12.5. The molecule has 8 nitrogen and oxygen atoms in total. The summed E-state index contributed by atoms with van der Waals surface area (Å²) in [5.41, 5.74) is 1.63. The van der Waals surface area contributed by atoms with Gasteiger partial charge in [-0.25, -0.2) is 8.42 Å². The number of para-hydroxylation sites is 2. The molecule has 0 aliphatic heterocycles. The van der Waals surface area contributed by atoms with Crippen LogP contribution in [0.15, 0.2) is 108 Å². The zero-order valence-corrected chi connectivity index (χ0v) is 28.1. The van der Waals surface area contributed by atoms with Crippen LogP contribution in [-0.2, 0) is 32.6 Å². The van der Waals surface area contributed by atoms with E-state index < -0.39 is 28.5 Å². The molecule has 0 heterocycles. The molecule has 4 aromatic carbocycles. The number of carbonyl (C=O) groups excluding carboxylic acids is 2. The second-order valence-corrected chi connectivity index (χ2v) is 13.2. The largest absolute Gasteiger partial charge is 0.492 e. The number of ether oxygens (including phenoxy) is 1. The molecule has 1 N–H and O–H groups in total. The van der Waals surface area contributed by atoms with Crippen LogP contribution in [0, 0.1) is 0 Å². The highest BCUT2D eigenvalue weighted by atomic mass is 35.5. The van der Waals surface area contributed by atoms with Crippen molar-refractivity contribution in [2.24, 2.45) is 0 Å². The first-order valence-electron chi connectivity index (χ1n) is 15.0. The molecular formula is C35H37Cl2N3O5S.